The van der Waals surface area contributed by atoms with Crippen LogP contribution in [0.2, 0.25) is 0 Å². The summed E-state index contributed by atoms with van der Waals surface area (Å²) in [5.41, 5.74) is 1.90. The number of hydrogen-bond donors (Lipinski definition) is 2. The summed E-state index contributed by atoms with van der Waals surface area (Å²) in [6.07, 6.45) is 1.55. The highest BCUT2D eigenvalue weighted by Crippen LogP contribution is 2.35. The molecule has 6 nitrogen and oxygen atoms in total. The van der Waals surface area contributed by atoms with Gasteiger partial charge in [0.2, 0.25) is 0 Å². The molecule has 7 heteroatoms. The lowest BCUT2D eigenvalue weighted by Gasteiger charge is -2.19. The number of nitrogens with zero attached hydrogens (tertiary/aromatic N) is 2. The first-order valence-corrected chi connectivity index (χ1v) is 8.17. The highest BCUT2D eigenvalue weighted by Gasteiger charge is 2.37. The van der Waals surface area contributed by atoms with Crippen molar-refractivity contribution in [3.63, 3.8) is 0 Å². The molecule has 1 amide bonds. The second-order valence-electron chi connectivity index (χ2n) is 5.70. The second kappa shape index (κ2) is 6.72. The fourth-order valence-electron chi connectivity index (χ4n) is 3.03. The lowest BCUT2D eigenvalue weighted by Crippen LogP contribution is -2.30. The van der Waals surface area contributed by atoms with Crippen LogP contribution in [0, 0.1) is 5.92 Å². The van der Waals surface area contributed by atoms with Crippen LogP contribution in [0.15, 0.2) is 34.9 Å². The van der Waals surface area contributed by atoms with Crippen LogP contribution in [0.1, 0.15) is 18.3 Å². The molecule has 1 aromatic carbocycles. The Labute approximate surface area is 142 Å². The van der Waals surface area contributed by atoms with E-state index in [0.29, 0.717) is 25.4 Å². The third-order valence-electron chi connectivity index (χ3n) is 4.10. The van der Waals surface area contributed by atoms with Gasteiger partial charge in [0.15, 0.2) is 0 Å². The molecule has 2 unspecified atom stereocenters. The summed E-state index contributed by atoms with van der Waals surface area (Å²) in [7, 11) is 1.64. The van der Waals surface area contributed by atoms with E-state index in [0.717, 1.165) is 15.7 Å². The number of imidazole rings is 1. The number of carboxylic acid groups (broad SMARTS) is 1. The predicted molar refractivity (Wildman–Crippen MR) is 89.2 cm³/mol. The van der Waals surface area contributed by atoms with Crippen molar-refractivity contribution in [2.75, 3.05) is 20.3 Å². The fourth-order valence-corrected chi connectivity index (χ4v) is 3.30. The van der Waals surface area contributed by atoms with Crippen LogP contribution in [0.3, 0.4) is 0 Å². The summed E-state index contributed by atoms with van der Waals surface area (Å²) in [6, 6.07) is 7.64. The van der Waals surface area contributed by atoms with Gasteiger partial charge in [-0.3, -0.25) is 4.90 Å². The molecule has 2 N–H and O–H groups in total. The van der Waals surface area contributed by atoms with Crippen LogP contribution < -0.4 is 0 Å². The normalized spacial score (nSPS) is 20.9. The molecular formula is C16H18BrN3O3. The number of methoxy groups -OCH3 is 1. The fraction of sp³-hybridized carbons (Fsp3) is 0.375. The van der Waals surface area contributed by atoms with Gasteiger partial charge < -0.3 is 14.8 Å². The Morgan fingerprint density at radius 2 is 2.22 bits per heavy atom. The number of benzene rings is 1. The zero-order chi connectivity index (χ0) is 16.4. The zero-order valence-electron chi connectivity index (χ0n) is 12.7. The van der Waals surface area contributed by atoms with E-state index < -0.39 is 6.09 Å². The molecule has 1 aliphatic rings. The van der Waals surface area contributed by atoms with Gasteiger partial charge in [-0.05, 0) is 24.1 Å². The van der Waals surface area contributed by atoms with Gasteiger partial charge in [0.05, 0.1) is 24.5 Å². The Morgan fingerprint density at radius 3 is 2.87 bits per heavy atom. The first kappa shape index (κ1) is 16.0. The molecule has 2 heterocycles. The van der Waals surface area contributed by atoms with E-state index in [4.69, 9.17) is 4.74 Å². The van der Waals surface area contributed by atoms with Gasteiger partial charge in [0, 0.05) is 24.0 Å². The molecule has 2 aromatic rings. The van der Waals surface area contributed by atoms with Gasteiger partial charge in [-0.15, -0.1) is 0 Å². The smallest absolute Gasteiger partial charge is 0.407 e. The molecule has 1 aromatic heterocycles. The molecule has 122 valence electrons. The van der Waals surface area contributed by atoms with Crippen LogP contribution in [-0.4, -0.2) is 46.3 Å². The molecule has 3 rings (SSSR count). The van der Waals surface area contributed by atoms with E-state index in [2.05, 4.69) is 25.9 Å². The van der Waals surface area contributed by atoms with Crippen molar-refractivity contribution >= 4 is 22.0 Å². The minimum atomic E-state index is -0.921. The number of rotatable bonds is 4. The van der Waals surface area contributed by atoms with E-state index in [9.17, 15) is 9.90 Å². The number of likely N-dealkylation sites (tertiary alicyclic amines) is 1. The van der Waals surface area contributed by atoms with Crippen molar-refractivity contribution in [2.24, 2.45) is 5.92 Å². The number of H-pyrrole nitrogens is 1. The number of ether oxygens (including phenoxy) is 1. The minimum absolute atomic E-state index is 0.197. The van der Waals surface area contributed by atoms with Crippen molar-refractivity contribution < 1.29 is 14.6 Å². The molecule has 0 radical (unpaired) electrons. The predicted octanol–water partition coefficient (Wildman–Crippen LogP) is 3.53. The summed E-state index contributed by atoms with van der Waals surface area (Å²) >= 11 is 3.41. The maximum atomic E-state index is 11.5. The topological polar surface area (TPSA) is 78.5 Å². The number of aromatic amines is 1. The molecule has 0 saturated carbocycles. The molecule has 2 atom stereocenters. The van der Waals surface area contributed by atoms with Gasteiger partial charge in [0.25, 0.3) is 0 Å². The molecule has 1 saturated heterocycles. The standard InChI is InChI=1S/C16H18BrN3O3/c1-23-9-10-6-14(20(8-10)16(21)22)15-18-7-13(19-15)11-2-4-12(17)5-3-11/h2-5,7,10,14H,6,8-9H2,1H3,(H,18,19)(H,21,22). The third kappa shape index (κ3) is 3.40. The number of carbonyl (C=O) groups is 1. The number of hydrogen-bond acceptors (Lipinski definition) is 3. The SMILES string of the molecule is COCC1CC(c2ncc(-c3ccc(Br)cc3)[nH]2)N(C(=O)O)C1. The summed E-state index contributed by atoms with van der Waals surface area (Å²) < 4.78 is 6.18. The van der Waals surface area contributed by atoms with Crippen molar-refractivity contribution in [1.29, 1.82) is 0 Å². The van der Waals surface area contributed by atoms with Crippen LogP contribution in [0.25, 0.3) is 11.3 Å². The van der Waals surface area contributed by atoms with E-state index in [1.807, 2.05) is 24.3 Å². The summed E-state index contributed by atoms with van der Waals surface area (Å²) in [5.74, 6) is 0.881. The molecule has 1 fully saturated rings. The molecular weight excluding hydrogens is 362 g/mol. The highest BCUT2D eigenvalue weighted by molar-refractivity contribution is 9.10. The van der Waals surface area contributed by atoms with Gasteiger partial charge in [-0.2, -0.15) is 0 Å². The monoisotopic (exact) mass is 379 g/mol. The number of nitrogens with one attached hydrogen (secondary N) is 1. The zero-order valence-corrected chi connectivity index (χ0v) is 14.3. The second-order valence-corrected chi connectivity index (χ2v) is 6.61. The molecule has 0 aliphatic carbocycles. The third-order valence-corrected chi connectivity index (χ3v) is 4.63. The van der Waals surface area contributed by atoms with Crippen molar-refractivity contribution in [1.82, 2.24) is 14.9 Å². The Balaban J connectivity index is 1.83. The Morgan fingerprint density at radius 1 is 1.48 bits per heavy atom. The number of amides is 1. The first-order valence-electron chi connectivity index (χ1n) is 7.38. The lowest BCUT2D eigenvalue weighted by atomic mass is 10.1. The highest BCUT2D eigenvalue weighted by atomic mass is 79.9. The van der Waals surface area contributed by atoms with E-state index >= 15 is 0 Å². The molecule has 0 bridgehead atoms. The van der Waals surface area contributed by atoms with Crippen LogP contribution in [-0.2, 0) is 4.74 Å². The summed E-state index contributed by atoms with van der Waals surface area (Å²) in [5, 5.41) is 9.42. The Hall–Kier alpha value is -1.86. The average molecular weight is 380 g/mol. The minimum Gasteiger partial charge on any atom is -0.465 e. The maximum absolute atomic E-state index is 11.5. The first-order chi connectivity index (χ1) is 11.1. The van der Waals surface area contributed by atoms with E-state index in [1.54, 1.807) is 13.3 Å². The van der Waals surface area contributed by atoms with Crippen molar-refractivity contribution in [3.8, 4) is 11.3 Å². The van der Waals surface area contributed by atoms with Gasteiger partial charge >= 0.3 is 6.09 Å². The quantitative estimate of drug-likeness (QED) is 0.851. The van der Waals surface area contributed by atoms with Crippen molar-refractivity contribution in [3.05, 3.63) is 40.8 Å². The van der Waals surface area contributed by atoms with Crippen LogP contribution in [0.4, 0.5) is 4.79 Å². The van der Waals surface area contributed by atoms with E-state index in [1.165, 1.54) is 4.90 Å². The van der Waals surface area contributed by atoms with Crippen molar-refractivity contribution in [2.45, 2.75) is 12.5 Å². The number of aromatic nitrogens is 2. The van der Waals surface area contributed by atoms with Gasteiger partial charge in [-0.1, -0.05) is 28.1 Å². The Bertz CT molecular complexity index is 686. The van der Waals surface area contributed by atoms with Gasteiger partial charge in [-0.25, -0.2) is 9.78 Å². The number of halogens is 1. The van der Waals surface area contributed by atoms with Crippen LogP contribution in [0.5, 0.6) is 0 Å². The summed E-state index contributed by atoms with van der Waals surface area (Å²) in [4.78, 5) is 20.6. The van der Waals surface area contributed by atoms with E-state index in [-0.39, 0.29) is 12.0 Å². The van der Waals surface area contributed by atoms with Gasteiger partial charge in [0.1, 0.15) is 5.82 Å². The largest absolute Gasteiger partial charge is 0.465 e. The summed E-state index contributed by atoms with van der Waals surface area (Å²) in [6.45, 7) is 1.03. The molecule has 23 heavy (non-hydrogen) atoms. The molecule has 1 aliphatic heterocycles. The average Bonchev–Trinajstić information content (AvgIpc) is 3.15. The maximum Gasteiger partial charge on any atom is 0.407 e. The van der Waals surface area contributed by atoms with Crippen LogP contribution >= 0.6 is 15.9 Å². The molecule has 0 spiro atoms. The Kier molecular flexibility index (Phi) is 4.68. The lowest BCUT2D eigenvalue weighted by molar-refractivity contribution is 0.131.